The number of nitrogens with one attached hydrogen (secondary N) is 4. The lowest BCUT2D eigenvalue weighted by molar-refractivity contribution is -0.140. The number of likely N-dealkylation sites (N-methyl/N-ethyl adjacent to an activating group) is 1. The summed E-state index contributed by atoms with van der Waals surface area (Å²) in [5.74, 6) is -1.34. The zero-order valence-corrected chi connectivity index (χ0v) is 47.6. The van der Waals surface area contributed by atoms with Crippen LogP contribution in [-0.4, -0.2) is 211 Å². The molecule has 2 saturated heterocycles. The fraction of sp³-hybridized carbons (Fsp3) is 0.518. The molecule has 22 nitrogen and oxygen atoms in total. The molecule has 0 saturated carbocycles. The van der Waals surface area contributed by atoms with Crippen LogP contribution in [0.3, 0.4) is 0 Å². The molecular weight excluding hydrogens is 1070 g/mol. The number of carbonyl (C=O) groups excluding carboxylic acids is 4. The topological polar surface area (TPSA) is 253 Å². The first-order valence-corrected chi connectivity index (χ1v) is 28.0. The van der Waals surface area contributed by atoms with E-state index in [1.54, 1.807) is 51.9 Å². The average Bonchev–Trinajstić information content (AvgIpc) is 4.06. The third kappa shape index (κ3) is 17.2. The number of methoxy groups -OCH3 is 1. The molecule has 2 fully saturated rings. The molecule has 3 aromatic carbocycles. The van der Waals surface area contributed by atoms with Crippen molar-refractivity contribution in [1.29, 1.82) is 0 Å². The van der Waals surface area contributed by atoms with Gasteiger partial charge in [0.1, 0.15) is 18.1 Å². The number of nitrogens with zero attached hydrogens (tertiary/aromatic N) is 7. The van der Waals surface area contributed by atoms with Crippen molar-refractivity contribution in [3.63, 3.8) is 0 Å². The zero-order chi connectivity index (χ0) is 57.3. The maximum Gasteiger partial charge on any atom is 0.319 e. The number of aromatic nitrogens is 2. The Balaban J connectivity index is 0.858. The Morgan fingerprint density at radius 3 is 1.98 bits per heavy atom. The summed E-state index contributed by atoms with van der Waals surface area (Å²) in [6.45, 7) is 13.1. The summed E-state index contributed by atoms with van der Waals surface area (Å²) in [7, 11) is 1.56. The number of amides is 5. The fourth-order valence-corrected chi connectivity index (χ4v) is 10.6. The van der Waals surface area contributed by atoms with E-state index in [1.807, 2.05) is 54.8 Å². The molecule has 4 aromatic rings. The highest BCUT2D eigenvalue weighted by Crippen LogP contribution is 2.47. The predicted octanol–water partition coefficient (Wildman–Crippen LogP) is 5.38. The predicted molar refractivity (Wildman–Crippen MR) is 304 cm³/mol. The van der Waals surface area contributed by atoms with E-state index in [-0.39, 0.29) is 62.7 Å². The quantitative estimate of drug-likeness (QED) is 0.0541. The number of carbonyl (C=O) groups is 6. The van der Waals surface area contributed by atoms with Crippen LogP contribution in [0.25, 0.3) is 28.1 Å². The molecule has 0 radical (unpaired) electrons. The lowest BCUT2D eigenvalue weighted by atomic mass is 9.95. The molecule has 80 heavy (non-hydrogen) atoms. The van der Waals surface area contributed by atoms with Crippen molar-refractivity contribution in [1.82, 2.24) is 50.2 Å². The van der Waals surface area contributed by atoms with Gasteiger partial charge >= 0.3 is 18.0 Å². The van der Waals surface area contributed by atoms with Crippen LogP contribution in [0.1, 0.15) is 68.9 Å². The van der Waals surface area contributed by atoms with Gasteiger partial charge in [-0.05, 0) is 75.2 Å². The van der Waals surface area contributed by atoms with E-state index in [1.165, 1.54) is 0 Å². The van der Waals surface area contributed by atoms with E-state index in [0.717, 1.165) is 31.4 Å². The van der Waals surface area contributed by atoms with Crippen molar-refractivity contribution >= 4 is 64.6 Å². The van der Waals surface area contributed by atoms with Crippen LogP contribution in [0, 0.1) is 0 Å². The number of ether oxygens (including phenoxy) is 3. The number of halogens is 2. The number of carboxylic acids is 2. The molecule has 0 aliphatic carbocycles. The first-order chi connectivity index (χ1) is 38.4. The summed E-state index contributed by atoms with van der Waals surface area (Å²) in [6.07, 6.45) is 3.38. The van der Waals surface area contributed by atoms with Crippen molar-refractivity contribution < 1.29 is 53.2 Å². The zero-order valence-electron chi connectivity index (χ0n) is 46.1. The highest BCUT2D eigenvalue weighted by Gasteiger charge is 2.39. The molecule has 0 atom stereocenters. The maximum atomic E-state index is 14.4. The van der Waals surface area contributed by atoms with Gasteiger partial charge in [-0.3, -0.25) is 38.7 Å². The molecule has 0 spiro atoms. The van der Waals surface area contributed by atoms with Crippen molar-refractivity contribution in [2.24, 2.45) is 0 Å². The molecule has 434 valence electrons. The number of hydrogen-bond acceptors (Lipinski definition) is 14. The summed E-state index contributed by atoms with van der Waals surface area (Å²) in [4.78, 5) is 85.9. The van der Waals surface area contributed by atoms with Crippen molar-refractivity contribution in [2.45, 2.75) is 65.0 Å². The highest BCUT2D eigenvalue weighted by atomic mass is 35.5. The number of fused-ring (bicyclic) bond motifs is 3. The Morgan fingerprint density at radius 2 is 1.34 bits per heavy atom. The minimum absolute atomic E-state index is 0.0682. The molecule has 4 heterocycles. The first kappa shape index (κ1) is 61.1. The minimum atomic E-state index is -0.961. The first-order valence-electron chi connectivity index (χ1n) is 27.3. The number of unbranched alkanes of at least 4 members (excludes halogenated alkanes) is 3. The van der Waals surface area contributed by atoms with Crippen LogP contribution >= 0.6 is 23.2 Å². The Hall–Kier alpha value is -6.53. The fourth-order valence-electron chi connectivity index (χ4n) is 10.1. The standard InChI is InChI=1S/C56H75Cl2N11O11/c1-5-64-17-19-65(21-22-67(35-51(74)75)24-23-66(20-18-64)34-50(72)73)33-49(71)59-14-9-7-6-8-13-48(70)60-15-16-61-55(77)62-41-12-10-11-38(27-41)43-31-44-47(32-46(43)78-4)80-36-45-52(54(76)68-25-26-79-37-56(68,2)3)63-69(53(44)45)42-29-39(57)28-40(58)30-42/h10-12,27-32H,5-9,13-26,33-37H2,1-4H3,(H,59,71)(H,60,70)(H,72,73)(H,74,75)(H2,61,62,77). The summed E-state index contributed by atoms with van der Waals surface area (Å²) in [5, 5.41) is 36.1. The number of hydrogen-bond donors (Lipinski definition) is 6. The molecule has 1 aromatic heterocycles. The second-order valence-corrected chi connectivity index (χ2v) is 21.6. The summed E-state index contributed by atoms with van der Waals surface area (Å²) >= 11 is 13.0. The number of carboxylic acid groups (broad SMARTS) is 2. The number of rotatable bonds is 22. The molecule has 0 unspecified atom stereocenters. The third-order valence-corrected chi connectivity index (χ3v) is 14.8. The molecule has 3 aliphatic heterocycles. The lowest BCUT2D eigenvalue weighted by Gasteiger charge is -2.41. The molecule has 5 amide bonds. The van der Waals surface area contributed by atoms with Crippen molar-refractivity contribution in [2.75, 3.05) is 130 Å². The number of benzene rings is 3. The van der Waals surface area contributed by atoms with Gasteiger partial charge in [0, 0.05) is 123 Å². The minimum Gasteiger partial charge on any atom is -0.496 e. The molecular formula is C56H75Cl2N11O11. The summed E-state index contributed by atoms with van der Waals surface area (Å²) in [5.41, 5.74) is 4.01. The second-order valence-electron chi connectivity index (χ2n) is 20.8. The van der Waals surface area contributed by atoms with E-state index < -0.39 is 23.5 Å². The SMILES string of the molecule is CCN1CCN(CC(=O)O)CCN(CC(=O)O)CCN(CC(=O)NCCCCCCC(=O)NCCNC(=O)Nc2cccc(-c3cc4c(cc3OC)OCc3c(C(=O)N5CCOCC5(C)C)nn(-c5cc(Cl)cc(Cl)c5)c3-4)c2)CC1. The number of aliphatic carboxylic acids is 2. The summed E-state index contributed by atoms with van der Waals surface area (Å²) < 4.78 is 19.6. The van der Waals surface area contributed by atoms with E-state index in [0.29, 0.717) is 147 Å². The largest absolute Gasteiger partial charge is 0.496 e. The monoisotopic (exact) mass is 1150 g/mol. The van der Waals surface area contributed by atoms with Gasteiger partial charge < -0.3 is 55.5 Å². The van der Waals surface area contributed by atoms with Gasteiger partial charge in [0.15, 0.2) is 5.69 Å². The van der Waals surface area contributed by atoms with Crippen molar-refractivity contribution in [3.05, 3.63) is 75.9 Å². The van der Waals surface area contributed by atoms with Crippen LogP contribution in [0.5, 0.6) is 11.5 Å². The highest BCUT2D eigenvalue weighted by molar-refractivity contribution is 6.34. The van der Waals surface area contributed by atoms with Gasteiger partial charge in [-0.25, -0.2) is 9.48 Å². The number of anilines is 1. The normalized spacial score (nSPS) is 16.4. The lowest BCUT2D eigenvalue weighted by Crippen LogP contribution is -2.55. The maximum absolute atomic E-state index is 14.4. The Kier molecular flexibility index (Phi) is 22.3. The Bertz CT molecular complexity index is 2810. The molecule has 3 aliphatic rings. The molecule has 24 heteroatoms. The molecule has 7 rings (SSSR count). The molecule has 0 bridgehead atoms. The van der Waals surface area contributed by atoms with Gasteiger partial charge in [0.05, 0.1) is 56.9 Å². The van der Waals surface area contributed by atoms with Crippen LogP contribution in [0.4, 0.5) is 10.5 Å². The van der Waals surface area contributed by atoms with Gasteiger partial charge in [-0.15, -0.1) is 0 Å². The Morgan fingerprint density at radius 1 is 0.713 bits per heavy atom. The third-order valence-electron chi connectivity index (χ3n) is 14.4. The second kappa shape index (κ2) is 29.3. The van der Waals surface area contributed by atoms with Gasteiger partial charge in [-0.2, -0.15) is 5.10 Å². The van der Waals surface area contributed by atoms with Crippen LogP contribution in [-0.2, 0) is 30.5 Å². The van der Waals surface area contributed by atoms with Gasteiger partial charge in [0.2, 0.25) is 11.8 Å². The Labute approximate surface area is 476 Å². The van der Waals surface area contributed by atoms with Gasteiger partial charge in [0.25, 0.3) is 5.91 Å². The van der Waals surface area contributed by atoms with Crippen LogP contribution in [0.15, 0.2) is 54.6 Å². The van der Waals surface area contributed by atoms with Crippen molar-refractivity contribution in [3.8, 4) is 39.6 Å². The van der Waals surface area contributed by atoms with Crippen LogP contribution in [0.2, 0.25) is 10.0 Å². The molecule has 6 N–H and O–H groups in total. The van der Waals surface area contributed by atoms with E-state index >= 15 is 0 Å². The summed E-state index contributed by atoms with van der Waals surface area (Å²) in [6, 6.07) is 15.6. The van der Waals surface area contributed by atoms with Gasteiger partial charge in [-0.1, -0.05) is 55.1 Å². The smallest absolute Gasteiger partial charge is 0.319 e. The van der Waals surface area contributed by atoms with E-state index in [9.17, 15) is 39.0 Å². The van der Waals surface area contributed by atoms with E-state index in [2.05, 4.69) is 26.2 Å². The number of morpholine rings is 1. The average molecular weight is 1150 g/mol. The van der Waals surface area contributed by atoms with E-state index in [4.69, 9.17) is 42.5 Å². The number of urea groups is 1. The van der Waals surface area contributed by atoms with Crippen LogP contribution < -0.4 is 30.7 Å².